The van der Waals surface area contributed by atoms with Crippen LogP contribution in [0.2, 0.25) is 0 Å². The van der Waals surface area contributed by atoms with E-state index >= 15 is 0 Å². The molecule has 0 N–H and O–H groups in total. The summed E-state index contributed by atoms with van der Waals surface area (Å²) in [6.45, 7) is 4.43. The molecule has 0 saturated carbocycles. The second kappa shape index (κ2) is 17.2. The van der Waals surface area contributed by atoms with Crippen LogP contribution in [0.1, 0.15) is 30.5 Å². The highest BCUT2D eigenvalue weighted by atomic mass is 15.2. The maximum Gasteiger partial charge on any atom is 0.0751 e. The average molecular weight is 907 g/mol. The van der Waals surface area contributed by atoms with Crippen LogP contribution in [0.5, 0.6) is 0 Å². The zero-order valence-electron chi connectivity index (χ0n) is 39.8. The van der Waals surface area contributed by atoms with Crippen LogP contribution in [0, 0.1) is 0 Å². The maximum absolute atomic E-state index is 2.50. The zero-order chi connectivity index (χ0) is 47.5. The van der Waals surface area contributed by atoms with Gasteiger partial charge in [0.1, 0.15) is 0 Å². The summed E-state index contributed by atoms with van der Waals surface area (Å²) in [5, 5.41) is 4.98. The summed E-state index contributed by atoms with van der Waals surface area (Å²) in [4.78, 5) is 4.83. The van der Waals surface area contributed by atoms with Crippen LogP contribution in [-0.4, -0.2) is 0 Å². The lowest BCUT2D eigenvalue weighted by atomic mass is 9.63. The Morgan fingerprint density at radius 1 is 0.338 bits per heavy atom. The van der Waals surface area contributed by atoms with Crippen molar-refractivity contribution >= 4 is 50.0 Å². The van der Waals surface area contributed by atoms with Gasteiger partial charge >= 0.3 is 0 Å². The number of hydrogen-bond donors (Lipinski definition) is 0. The highest BCUT2D eigenvalue weighted by Crippen LogP contribution is 2.64. The van der Waals surface area contributed by atoms with Crippen molar-refractivity contribution in [3.63, 3.8) is 0 Å². The molecule has 11 aromatic rings. The second-order valence-corrected chi connectivity index (χ2v) is 18.7. The van der Waals surface area contributed by atoms with Crippen LogP contribution in [0.3, 0.4) is 0 Å². The predicted octanol–water partition coefficient (Wildman–Crippen LogP) is 18.8. The Morgan fingerprint density at radius 2 is 0.775 bits per heavy atom. The quantitative estimate of drug-likeness (QED) is 0.157. The van der Waals surface area contributed by atoms with Crippen molar-refractivity contribution < 1.29 is 0 Å². The van der Waals surface area contributed by atoms with Crippen LogP contribution in [0.25, 0.3) is 66.1 Å². The molecule has 1 aliphatic carbocycles. The lowest BCUT2D eigenvalue weighted by Gasteiger charge is -2.47. The third kappa shape index (κ3) is 6.86. The summed E-state index contributed by atoms with van der Waals surface area (Å²) in [5.74, 6) is 0. The highest BCUT2D eigenvalue weighted by Gasteiger charge is 2.53. The molecule has 0 aromatic heterocycles. The largest absolute Gasteiger partial charge is 0.311 e. The number of allylic oxidation sites excluding steroid dienone is 3. The first kappa shape index (κ1) is 42.1. The minimum atomic E-state index is -0.621. The van der Waals surface area contributed by atoms with Crippen molar-refractivity contribution in [1.29, 1.82) is 0 Å². The van der Waals surface area contributed by atoms with E-state index in [2.05, 4.69) is 291 Å². The van der Waals surface area contributed by atoms with Gasteiger partial charge in [0.05, 0.1) is 11.1 Å². The van der Waals surface area contributed by atoms with Gasteiger partial charge < -0.3 is 9.80 Å². The van der Waals surface area contributed by atoms with Crippen molar-refractivity contribution in [3.05, 3.63) is 295 Å². The van der Waals surface area contributed by atoms with E-state index in [0.717, 1.165) is 22.7 Å². The molecule has 0 amide bonds. The molecule has 71 heavy (non-hydrogen) atoms. The summed E-state index contributed by atoms with van der Waals surface area (Å²) >= 11 is 0. The molecular formula is C69H50N2. The highest BCUT2D eigenvalue weighted by molar-refractivity contribution is 5.97. The smallest absolute Gasteiger partial charge is 0.0751 e. The molecule has 1 aliphatic heterocycles. The molecule has 0 radical (unpaired) electrons. The minimum Gasteiger partial charge on any atom is -0.311 e. The van der Waals surface area contributed by atoms with E-state index in [1.54, 1.807) is 0 Å². The predicted molar refractivity (Wildman–Crippen MR) is 300 cm³/mol. The minimum absolute atomic E-state index is 0.621. The number of rotatable bonds is 7. The van der Waals surface area contributed by atoms with E-state index in [1.807, 2.05) is 0 Å². The Hall–Kier alpha value is -8.98. The van der Waals surface area contributed by atoms with Gasteiger partial charge in [-0.2, -0.15) is 0 Å². The molecule has 0 unspecified atom stereocenters. The van der Waals surface area contributed by atoms with E-state index in [1.165, 1.54) is 99.7 Å². The molecule has 336 valence electrons. The van der Waals surface area contributed by atoms with E-state index in [0.29, 0.717) is 0 Å². The molecule has 2 heteroatoms. The molecule has 0 saturated heterocycles. The normalized spacial score (nSPS) is 14.5. The van der Waals surface area contributed by atoms with Gasteiger partial charge in [-0.05, 0) is 181 Å². The number of hydrogen-bond acceptors (Lipinski definition) is 2. The number of nitrogens with zero attached hydrogens (tertiary/aromatic N) is 2. The summed E-state index contributed by atoms with van der Waals surface area (Å²) in [7, 11) is 0. The van der Waals surface area contributed by atoms with Crippen molar-refractivity contribution in [2.75, 3.05) is 9.80 Å². The van der Waals surface area contributed by atoms with Crippen LogP contribution in [0.4, 0.5) is 28.4 Å². The Balaban J connectivity index is 0.981. The van der Waals surface area contributed by atoms with Crippen LogP contribution < -0.4 is 9.80 Å². The van der Waals surface area contributed by atoms with E-state index < -0.39 is 5.41 Å². The first-order valence-corrected chi connectivity index (χ1v) is 24.7. The molecule has 13 rings (SSSR count). The van der Waals surface area contributed by atoms with Gasteiger partial charge in [-0.3, -0.25) is 0 Å². The van der Waals surface area contributed by atoms with Gasteiger partial charge in [-0.1, -0.05) is 188 Å². The van der Waals surface area contributed by atoms with Gasteiger partial charge in [-0.25, -0.2) is 0 Å². The van der Waals surface area contributed by atoms with Gasteiger partial charge in [0.25, 0.3) is 0 Å². The Kier molecular flexibility index (Phi) is 10.2. The van der Waals surface area contributed by atoms with Crippen molar-refractivity contribution in [2.45, 2.75) is 19.3 Å². The zero-order valence-corrected chi connectivity index (χ0v) is 39.8. The summed E-state index contributed by atoms with van der Waals surface area (Å²) in [6, 6.07) is 93.9. The third-order valence-corrected chi connectivity index (χ3v) is 14.9. The Labute approximate surface area is 416 Å². The molecule has 0 bridgehead atoms. The first-order chi connectivity index (χ1) is 35.1. The van der Waals surface area contributed by atoms with Crippen LogP contribution in [-0.2, 0) is 5.41 Å². The Morgan fingerprint density at radius 3 is 1.34 bits per heavy atom. The second-order valence-electron chi connectivity index (χ2n) is 18.7. The topological polar surface area (TPSA) is 6.48 Å². The van der Waals surface area contributed by atoms with Gasteiger partial charge in [0.15, 0.2) is 0 Å². The summed E-state index contributed by atoms with van der Waals surface area (Å²) in [5.41, 5.74) is 21.0. The lowest BCUT2D eigenvalue weighted by molar-refractivity contribution is 0.724. The molecule has 1 spiro atoms. The SMILES string of the molecule is C/C=C1\C(=C/C)N(c2ccc(N(c3ccccc3)c3ccc(-c4ccccc4)cc3)cc2)c2ccccc2C12c1cc(-c3ccc4ccccc4c3)ccc1-c1ccc(-c3ccc4ccccc4c3)cc12. The summed E-state index contributed by atoms with van der Waals surface area (Å²) in [6.07, 6.45) is 4.71. The Bertz CT molecular complexity index is 3750. The van der Waals surface area contributed by atoms with Crippen LogP contribution in [0.15, 0.2) is 278 Å². The van der Waals surface area contributed by atoms with Crippen molar-refractivity contribution in [3.8, 4) is 44.5 Å². The number of para-hydroxylation sites is 2. The standard InChI is InChI=1S/C69H50N2/c1-3-63-67(4-2)71(60-39-37-59(38-40-60)70(57-23-9-6-10-24-57)58-35-31-50(32-36-58)47-17-7-5-8-18-47)68-26-16-15-25-64(68)69(63)65-45-55(53-29-27-48-19-11-13-21-51(48)43-53)33-41-61(65)62-42-34-56(46-66(62)69)54-30-28-49-20-12-14-22-52(49)44-54/h3-46H,1-2H3/b63-3+,67-4+. The molecule has 2 aliphatic rings. The van der Waals surface area contributed by atoms with Crippen LogP contribution >= 0.6 is 0 Å². The molecule has 0 fully saturated rings. The fraction of sp³-hybridized carbons (Fsp3) is 0.0435. The number of benzene rings is 11. The molecule has 0 atom stereocenters. The lowest BCUT2D eigenvalue weighted by Crippen LogP contribution is -2.40. The van der Waals surface area contributed by atoms with Gasteiger partial charge in [0, 0.05) is 28.4 Å². The van der Waals surface area contributed by atoms with Crippen molar-refractivity contribution in [2.24, 2.45) is 0 Å². The number of anilines is 5. The number of fused-ring (bicyclic) bond motifs is 9. The summed E-state index contributed by atoms with van der Waals surface area (Å²) < 4.78 is 0. The monoisotopic (exact) mass is 906 g/mol. The maximum atomic E-state index is 2.50. The average Bonchev–Trinajstić information content (AvgIpc) is 3.72. The fourth-order valence-corrected chi connectivity index (χ4v) is 11.7. The fourth-order valence-electron chi connectivity index (χ4n) is 11.7. The molecule has 1 heterocycles. The third-order valence-electron chi connectivity index (χ3n) is 14.9. The first-order valence-electron chi connectivity index (χ1n) is 24.7. The molecule has 2 nitrogen and oxygen atoms in total. The van der Waals surface area contributed by atoms with E-state index in [9.17, 15) is 0 Å². The van der Waals surface area contributed by atoms with Gasteiger partial charge in [-0.15, -0.1) is 0 Å². The van der Waals surface area contributed by atoms with Gasteiger partial charge in [0.2, 0.25) is 0 Å². The van der Waals surface area contributed by atoms with E-state index in [-0.39, 0.29) is 0 Å². The van der Waals surface area contributed by atoms with Crippen molar-refractivity contribution in [1.82, 2.24) is 0 Å². The molecular weight excluding hydrogens is 857 g/mol. The molecule has 11 aromatic carbocycles. The van der Waals surface area contributed by atoms with E-state index in [4.69, 9.17) is 0 Å².